The molecule has 0 bridgehead atoms. The number of hydrogen-bond donors (Lipinski definition) is 2. The minimum absolute atomic E-state index is 0.0805. The first kappa shape index (κ1) is 16.1. The van der Waals surface area contributed by atoms with Crippen molar-refractivity contribution < 1.29 is 12.8 Å². The molecule has 0 saturated heterocycles. The lowest BCUT2D eigenvalue weighted by Crippen LogP contribution is -2.28. The van der Waals surface area contributed by atoms with Crippen LogP contribution in [0.15, 0.2) is 40.2 Å². The van der Waals surface area contributed by atoms with E-state index < -0.39 is 20.7 Å². The summed E-state index contributed by atoms with van der Waals surface area (Å²) in [6, 6.07) is 2.67. The van der Waals surface area contributed by atoms with E-state index in [2.05, 4.69) is 25.6 Å². The van der Waals surface area contributed by atoms with Gasteiger partial charge in [-0.1, -0.05) is 15.9 Å². The summed E-state index contributed by atoms with van der Waals surface area (Å²) < 4.78 is 43.0. The lowest BCUT2D eigenvalue weighted by Gasteiger charge is -2.11. The maximum atomic E-state index is 14.1. The van der Waals surface area contributed by atoms with Crippen LogP contribution in [0.3, 0.4) is 0 Å². The summed E-state index contributed by atoms with van der Waals surface area (Å²) in [5, 5.41) is 0. The number of hydrogen-bond acceptors (Lipinski definition) is 4. The van der Waals surface area contributed by atoms with E-state index in [4.69, 9.17) is 5.73 Å². The molecule has 2 rings (SSSR count). The Kier molecular flexibility index (Phi) is 5.09. The van der Waals surface area contributed by atoms with Crippen LogP contribution < -0.4 is 10.5 Å². The molecule has 0 saturated carbocycles. The Balaban J connectivity index is 2.17. The number of aromatic nitrogens is 2. The molecule has 0 atom stereocenters. The van der Waals surface area contributed by atoms with Crippen LogP contribution in [0.1, 0.15) is 5.56 Å². The number of nitrogens with two attached hydrogens (primary N) is 1. The molecule has 0 aliphatic carbocycles. The van der Waals surface area contributed by atoms with Gasteiger partial charge in [0.2, 0.25) is 10.0 Å². The molecule has 0 spiro atoms. The summed E-state index contributed by atoms with van der Waals surface area (Å²) in [5.74, 6) is -0.823. The maximum absolute atomic E-state index is 14.1. The highest BCUT2D eigenvalue weighted by Gasteiger charge is 2.21. The van der Waals surface area contributed by atoms with Crippen molar-refractivity contribution in [1.82, 2.24) is 14.3 Å². The van der Waals surface area contributed by atoms with Crippen LogP contribution in [0.2, 0.25) is 0 Å². The van der Waals surface area contributed by atoms with E-state index in [1.165, 1.54) is 12.1 Å². The molecule has 0 unspecified atom stereocenters. The summed E-state index contributed by atoms with van der Waals surface area (Å²) >= 11 is 3.15. The monoisotopic (exact) mass is 376 g/mol. The Morgan fingerprint density at radius 2 is 2.19 bits per heavy atom. The minimum atomic E-state index is -3.94. The number of imidazole rings is 1. The molecule has 0 fully saturated rings. The molecule has 2 aromatic rings. The van der Waals surface area contributed by atoms with Gasteiger partial charge < -0.3 is 10.3 Å². The molecule has 21 heavy (non-hydrogen) atoms. The SMILES string of the molecule is NCc1cc(Br)cc(S(=O)(=O)NCCn2ccnc2)c1F. The van der Waals surface area contributed by atoms with E-state index in [0.717, 1.165) is 0 Å². The van der Waals surface area contributed by atoms with Gasteiger partial charge in [-0.25, -0.2) is 22.5 Å². The normalized spacial score (nSPS) is 11.8. The number of halogens is 2. The highest BCUT2D eigenvalue weighted by Crippen LogP contribution is 2.23. The van der Waals surface area contributed by atoms with Gasteiger partial charge in [0, 0.05) is 42.1 Å². The van der Waals surface area contributed by atoms with Gasteiger partial charge in [-0.2, -0.15) is 0 Å². The maximum Gasteiger partial charge on any atom is 0.243 e. The van der Waals surface area contributed by atoms with Crippen LogP contribution in [0.4, 0.5) is 4.39 Å². The van der Waals surface area contributed by atoms with Crippen molar-refractivity contribution in [3.05, 3.63) is 46.7 Å². The van der Waals surface area contributed by atoms with Crippen LogP contribution in [0.25, 0.3) is 0 Å². The van der Waals surface area contributed by atoms with E-state index in [0.29, 0.717) is 11.0 Å². The van der Waals surface area contributed by atoms with Gasteiger partial charge in [0.1, 0.15) is 10.7 Å². The smallest absolute Gasteiger partial charge is 0.243 e. The van der Waals surface area contributed by atoms with Gasteiger partial charge >= 0.3 is 0 Å². The van der Waals surface area contributed by atoms with Crippen molar-refractivity contribution >= 4 is 26.0 Å². The quantitative estimate of drug-likeness (QED) is 0.792. The van der Waals surface area contributed by atoms with Crippen molar-refractivity contribution in [2.24, 2.45) is 5.73 Å². The Hall–Kier alpha value is -1.29. The van der Waals surface area contributed by atoms with Gasteiger partial charge in [-0.05, 0) is 12.1 Å². The first-order valence-corrected chi connectivity index (χ1v) is 8.35. The van der Waals surface area contributed by atoms with Gasteiger partial charge in [-0.3, -0.25) is 0 Å². The molecule has 0 radical (unpaired) electrons. The van der Waals surface area contributed by atoms with E-state index in [9.17, 15) is 12.8 Å². The minimum Gasteiger partial charge on any atom is -0.336 e. The van der Waals surface area contributed by atoms with Crippen molar-refractivity contribution in [2.45, 2.75) is 18.0 Å². The second kappa shape index (κ2) is 6.65. The molecule has 0 amide bonds. The van der Waals surface area contributed by atoms with Crippen molar-refractivity contribution in [2.75, 3.05) is 6.54 Å². The second-order valence-corrected chi connectivity index (χ2v) is 6.93. The number of sulfonamides is 1. The zero-order valence-electron chi connectivity index (χ0n) is 11.0. The van der Waals surface area contributed by atoms with Crippen LogP contribution in [-0.2, 0) is 23.1 Å². The molecule has 3 N–H and O–H groups in total. The first-order valence-electron chi connectivity index (χ1n) is 6.07. The van der Waals surface area contributed by atoms with Crippen LogP contribution >= 0.6 is 15.9 Å². The fourth-order valence-corrected chi connectivity index (χ4v) is 3.59. The highest BCUT2D eigenvalue weighted by atomic mass is 79.9. The third-order valence-electron chi connectivity index (χ3n) is 2.81. The lowest BCUT2D eigenvalue weighted by atomic mass is 10.2. The fraction of sp³-hybridized carbons (Fsp3) is 0.250. The third-order valence-corrected chi connectivity index (χ3v) is 4.73. The van der Waals surface area contributed by atoms with Crippen LogP contribution in [-0.4, -0.2) is 24.5 Å². The summed E-state index contributed by atoms with van der Waals surface area (Å²) in [5.41, 5.74) is 5.55. The highest BCUT2D eigenvalue weighted by molar-refractivity contribution is 9.10. The van der Waals surface area contributed by atoms with E-state index in [1.807, 2.05) is 0 Å². The van der Waals surface area contributed by atoms with Gasteiger partial charge in [0.05, 0.1) is 6.33 Å². The zero-order valence-corrected chi connectivity index (χ0v) is 13.4. The van der Waals surface area contributed by atoms with Crippen molar-refractivity contribution in [3.63, 3.8) is 0 Å². The molecule has 0 aliphatic rings. The summed E-state index contributed by atoms with van der Waals surface area (Å²) in [6.45, 7) is 0.448. The van der Waals surface area contributed by atoms with Crippen molar-refractivity contribution in [1.29, 1.82) is 0 Å². The van der Waals surface area contributed by atoms with Gasteiger partial charge in [0.15, 0.2) is 0 Å². The summed E-state index contributed by atoms with van der Waals surface area (Å²) in [6.07, 6.45) is 4.87. The Labute approximate surface area is 130 Å². The third kappa shape index (κ3) is 3.88. The van der Waals surface area contributed by atoms with Gasteiger partial charge in [0.25, 0.3) is 0 Å². The van der Waals surface area contributed by atoms with E-state index in [-0.39, 0.29) is 18.7 Å². The molecule has 6 nitrogen and oxygen atoms in total. The topological polar surface area (TPSA) is 90.0 Å². The predicted octanol–water partition coefficient (Wildman–Crippen LogP) is 1.22. The largest absolute Gasteiger partial charge is 0.336 e. The summed E-state index contributed by atoms with van der Waals surface area (Å²) in [7, 11) is -3.94. The molecule has 0 aliphatic heterocycles. The number of nitrogens with zero attached hydrogens (tertiary/aromatic N) is 2. The molecule has 9 heteroatoms. The molecule has 1 aromatic carbocycles. The first-order chi connectivity index (χ1) is 9.94. The Morgan fingerprint density at radius 1 is 1.43 bits per heavy atom. The number of benzene rings is 1. The van der Waals surface area contributed by atoms with Crippen LogP contribution in [0.5, 0.6) is 0 Å². The summed E-state index contributed by atoms with van der Waals surface area (Å²) in [4.78, 5) is 3.44. The molecule has 1 heterocycles. The van der Waals surface area contributed by atoms with Gasteiger partial charge in [-0.15, -0.1) is 0 Å². The van der Waals surface area contributed by atoms with Crippen molar-refractivity contribution in [3.8, 4) is 0 Å². The number of nitrogens with one attached hydrogen (secondary N) is 1. The fourth-order valence-electron chi connectivity index (χ4n) is 1.77. The standard InChI is InChI=1S/C12H14BrFN4O2S/c13-10-5-9(7-15)12(14)11(6-10)21(19,20)17-2-4-18-3-1-16-8-18/h1,3,5-6,8,17H,2,4,7,15H2. The molecular weight excluding hydrogens is 363 g/mol. The van der Waals surface area contributed by atoms with E-state index in [1.54, 1.807) is 23.3 Å². The second-order valence-electron chi connectivity index (χ2n) is 4.28. The molecule has 1 aromatic heterocycles. The average Bonchev–Trinajstić information content (AvgIpc) is 2.93. The Bertz CT molecular complexity index is 719. The molecular formula is C12H14BrFN4O2S. The van der Waals surface area contributed by atoms with E-state index >= 15 is 0 Å². The van der Waals surface area contributed by atoms with Crippen LogP contribution in [0, 0.1) is 5.82 Å². The number of rotatable bonds is 6. The zero-order chi connectivity index (χ0) is 15.5. The lowest BCUT2D eigenvalue weighted by molar-refractivity contribution is 0.545. The predicted molar refractivity (Wildman–Crippen MR) is 79.4 cm³/mol. The average molecular weight is 377 g/mol. The molecule has 114 valence electrons. The Morgan fingerprint density at radius 3 is 2.81 bits per heavy atom.